The highest BCUT2D eigenvalue weighted by atomic mass is 16.4. The standard InChI is InChI=1S/C10H18N2O5/c13-5-3-8(9(15)16)11-10(17)12-4-1-2-7(12)6-14/h7-8,13-14H,1-6H2,(H,11,17)(H,15,16). The number of amides is 2. The molecule has 0 bridgehead atoms. The number of carbonyl (C=O) groups excluding carboxylic acids is 1. The van der Waals surface area contributed by atoms with E-state index in [1.807, 2.05) is 0 Å². The fourth-order valence-corrected chi connectivity index (χ4v) is 1.91. The van der Waals surface area contributed by atoms with Gasteiger partial charge in [-0.2, -0.15) is 0 Å². The van der Waals surface area contributed by atoms with Crippen molar-refractivity contribution in [2.75, 3.05) is 19.8 Å². The zero-order chi connectivity index (χ0) is 12.8. The first-order valence-electron chi connectivity index (χ1n) is 5.61. The molecular weight excluding hydrogens is 228 g/mol. The van der Waals surface area contributed by atoms with E-state index in [0.29, 0.717) is 6.54 Å². The summed E-state index contributed by atoms with van der Waals surface area (Å²) in [7, 11) is 0. The number of nitrogens with one attached hydrogen (secondary N) is 1. The Morgan fingerprint density at radius 2 is 2.12 bits per heavy atom. The molecule has 2 unspecified atom stereocenters. The van der Waals surface area contributed by atoms with E-state index in [1.165, 1.54) is 4.90 Å². The molecule has 1 fully saturated rings. The molecule has 0 spiro atoms. The van der Waals surface area contributed by atoms with Gasteiger partial charge < -0.3 is 25.5 Å². The van der Waals surface area contributed by atoms with E-state index >= 15 is 0 Å². The zero-order valence-electron chi connectivity index (χ0n) is 9.50. The van der Waals surface area contributed by atoms with Gasteiger partial charge in [-0.05, 0) is 12.8 Å². The highest BCUT2D eigenvalue weighted by molar-refractivity contribution is 5.82. The third-order valence-electron chi connectivity index (χ3n) is 2.86. The molecular formula is C10H18N2O5. The van der Waals surface area contributed by atoms with Gasteiger partial charge in [-0.15, -0.1) is 0 Å². The summed E-state index contributed by atoms with van der Waals surface area (Å²) < 4.78 is 0. The van der Waals surface area contributed by atoms with Crippen molar-refractivity contribution in [3.05, 3.63) is 0 Å². The van der Waals surface area contributed by atoms with Crippen molar-refractivity contribution in [1.82, 2.24) is 10.2 Å². The molecule has 17 heavy (non-hydrogen) atoms. The highest BCUT2D eigenvalue weighted by Gasteiger charge is 2.30. The lowest BCUT2D eigenvalue weighted by molar-refractivity contribution is -0.139. The number of likely N-dealkylation sites (tertiary alicyclic amines) is 1. The maximum absolute atomic E-state index is 11.8. The molecule has 1 heterocycles. The lowest BCUT2D eigenvalue weighted by Crippen LogP contribution is -2.50. The van der Waals surface area contributed by atoms with Crippen LogP contribution in [0.15, 0.2) is 0 Å². The number of carboxylic acid groups (broad SMARTS) is 1. The molecule has 0 saturated carbocycles. The third kappa shape index (κ3) is 3.57. The quantitative estimate of drug-likeness (QED) is 0.497. The van der Waals surface area contributed by atoms with Gasteiger partial charge in [0.15, 0.2) is 0 Å². The summed E-state index contributed by atoms with van der Waals surface area (Å²) in [5.41, 5.74) is 0. The van der Waals surface area contributed by atoms with E-state index in [2.05, 4.69) is 5.32 Å². The van der Waals surface area contributed by atoms with E-state index in [-0.39, 0.29) is 25.7 Å². The van der Waals surface area contributed by atoms with Gasteiger partial charge in [0, 0.05) is 19.6 Å². The van der Waals surface area contributed by atoms with Crippen LogP contribution in [0, 0.1) is 0 Å². The predicted octanol–water partition coefficient (Wildman–Crippen LogP) is -1.01. The third-order valence-corrected chi connectivity index (χ3v) is 2.86. The molecule has 98 valence electrons. The van der Waals surface area contributed by atoms with Gasteiger partial charge in [-0.3, -0.25) is 0 Å². The molecule has 0 aromatic heterocycles. The molecule has 2 amide bonds. The molecule has 0 aromatic carbocycles. The van der Waals surface area contributed by atoms with Gasteiger partial charge >= 0.3 is 12.0 Å². The van der Waals surface area contributed by atoms with E-state index in [0.717, 1.165) is 12.8 Å². The maximum atomic E-state index is 11.8. The molecule has 2 atom stereocenters. The number of urea groups is 1. The van der Waals surface area contributed by atoms with Crippen LogP contribution < -0.4 is 5.32 Å². The lowest BCUT2D eigenvalue weighted by Gasteiger charge is -2.25. The van der Waals surface area contributed by atoms with Crippen molar-refractivity contribution in [2.24, 2.45) is 0 Å². The SMILES string of the molecule is O=C(O)C(CCO)NC(=O)N1CCCC1CO. The molecule has 1 aliphatic rings. The Kier molecular flexibility index (Phi) is 5.17. The van der Waals surface area contributed by atoms with Gasteiger partial charge in [0.25, 0.3) is 0 Å². The van der Waals surface area contributed by atoms with Gasteiger partial charge in [-0.1, -0.05) is 0 Å². The number of aliphatic carboxylic acids is 1. The summed E-state index contributed by atoms with van der Waals surface area (Å²) >= 11 is 0. The average molecular weight is 246 g/mol. The fourth-order valence-electron chi connectivity index (χ4n) is 1.91. The van der Waals surface area contributed by atoms with Crippen molar-refractivity contribution >= 4 is 12.0 Å². The average Bonchev–Trinajstić information content (AvgIpc) is 2.76. The lowest BCUT2D eigenvalue weighted by atomic mass is 10.2. The van der Waals surface area contributed by atoms with Crippen LogP contribution in [0.2, 0.25) is 0 Å². The summed E-state index contributed by atoms with van der Waals surface area (Å²) in [6.45, 7) is 0.0916. The normalized spacial score (nSPS) is 21.3. The monoisotopic (exact) mass is 246 g/mol. The van der Waals surface area contributed by atoms with Crippen LogP contribution in [0.5, 0.6) is 0 Å². The molecule has 1 rings (SSSR count). The number of nitrogens with zero attached hydrogens (tertiary/aromatic N) is 1. The van der Waals surface area contributed by atoms with Gasteiger partial charge in [0.05, 0.1) is 12.6 Å². The van der Waals surface area contributed by atoms with Crippen LogP contribution in [0.25, 0.3) is 0 Å². The first-order valence-corrected chi connectivity index (χ1v) is 5.61. The smallest absolute Gasteiger partial charge is 0.326 e. The first kappa shape index (κ1) is 13.7. The number of aliphatic hydroxyl groups excluding tert-OH is 2. The number of hydrogen-bond acceptors (Lipinski definition) is 4. The Morgan fingerprint density at radius 3 is 2.65 bits per heavy atom. The molecule has 0 aliphatic carbocycles. The Balaban J connectivity index is 2.54. The van der Waals surface area contributed by atoms with Gasteiger partial charge in [0.1, 0.15) is 6.04 Å². The van der Waals surface area contributed by atoms with Crippen molar-refractivity contribution in [3.63, 3.8) is 0 Å². The second-order valence-electron chi connectivity index (χ2n) is 4.02. The Bertz CT molecular complexity index is 284. The molecule has 1 aliphatic heterocycles. The number of rotatable bonds is 5. The first-order chi connectivity index (χ1) is 8.10. The fraction of sp³-hybridized carbons (Fsp3) is 0.800. The van der Waals surface area contributed by atoms with Crippen LogP contribution >= 0.6 is 0 Å². The summed E-state index contributed by atoms with van der Waals surface area (Å²) in [5.74, 6) is -1.17. The number of hydrogen-bond donors (Lipinski definition) is 4. The van der Waals surface area contributed by atoms with Crippen molar-refractivity contribution in [2.45, 2.75) is 31.3 Å². The molecule has 7 heteroatoms. The Labute approximate surface area is 99.0 Å². The van der Waals surface area contributed by atoms with Crippen molar-refractivity contribution in [1.29, 1.82) is 0 Å². The Morgan fingerprint density at radius 1 is 1.41 bits per heavy atom. The second kappa shape index (κ2) is 6.41. The van der Waals surface area contributed by atoms with Crippen LogP contribution in [0.3, 0.4) is 0 Å². The number of aliphatic hydroxyl groups is 2. The van der Waals surface area contributed by atoms with E-state index in [1.54, 1.807) is 0 Å². The molecule has 0 aromatic rings. The van der Waals surface area contributed by atoms with E-state index in [9.17, 15) is 9.59 Å². The minimum absolute atomic E-state index is 0.0291. The van der Waals surface area contributed by atoms with Crippen molar-refractivity contribution in [3.8, 4) is 0 Å². The number of carboxylic acids is 1. The summed E-state index contributed by atoms with van der Waals surface area (Å²) in [5, 5.41) is 28.9. The summed E-state index contributed by atoms with van der Waals surface area (Å²) in [6.07, 6.45) is 1.50. The van der Waals surface area contributed by atoms with Crippen LogP contribution in [-0.4, -0.2) is 64.1 Å². The number of carbonyl (C=O) groups is 2. The highest BCUT2D eigenvalue weighted by Crippen LogP contribution is 2.16. The van der Waals surface area contributed by atoms with Crippen LogP contribution in [0.1, 0.15) is 19.3 Å². The second-order valence-corrected chi connectivity index (χ2v) is 4.02. The summed E-state index contributed by atoms with van der Waals surface area (Å²) in [6, 6.07) is -1.83. The molecule has 4 N–H and O–H groups in total. The minimum atomic E-state index is -1.17. The van der Waals surface area contributed by atoms with Crippen LogP contribution in [-0.2, 0) is 4.79 Å². The van der Waals surface area contributed by atoms with Gasteiger partial charge in [-0.25, -0.2) is 9.59 Å². The summed E-state index contributed by atoms with van der Waals surface area (Å²) in [4.78, 5) is 24.0. The topological polar surface area (TPSA) is 110 Å². The zero-order valence-corrected chi connectivity index (χ0v) is 9.50. The van der Waals surface area contributed by atoms with Crippen molar-refractivity contribution < 1.29 is 24.9 Å². The molecule has 0 radical (unpaired) electrons. The van der Waals surface area contributed by atoms with E-state index < -0.39 is 18.0 Å². The largest absolute Gasteiger partial charge is 0.480 e. The molecule has 7 nitrogen and oxygen atoms in total. The van der Waals surface area contributed by atoms with Crippen LogP contribution in [0.4, 0.5) is 4.79 Å². The minimum Gasteiger partial charge on any atom is -0.480 e. The Hall–Kier alpha value is -1.34. The van der Waals surface area contributed by atoms with E-state index in [4.69, 9.17) is 15.3 Å². The maximum Gasteiger partial charge on any atom is 0.326 e. The predicted molar refractivity (Wildman–Crippen MR) is 58.5 cm³/mol. The van der Waals surface area contributed by atoms with Gasteiger partial charge in [0.2, 0.25) is 0 Å². The molecule has 1 saturated heterocycles.